The van der Waals surface area contributed by atoms with Gasteiger partial charge in [0, 0.05) is 64.4 Å². The lowest BCUT2D eigenvalue weighted by atomic mass is 9.91. The molecule has 0 saturated carbocycles. The molecule has 0 bridgehead atoms. The first-order valence-corrected chi connectivity index (χ1v) is 26.1. The molecule has 6 aromatic heterocycles. The minimum absolute atomic E-state index is 0.111. The van der Waals surface area contributed by atoms with Crippen LogP contribution < -0.4 is 10.2 Å². The number of fused-ring (bicyclic) bond motifs is 1. The molecule has 2 aliphatic heterocycles. The van der Waals surface area contributed by atoms with Gasteiger partial charge in [0.15, 0.2) is 0 Å². The van der Waals surface area contributed by atoms with E-state index in [9.17, 15) is 14.7 Å². The number of phenols is 1. The van der Waals surface area contributed by atoms with Crippen LogP contribution in [0.5, 0.6) is 5.75 Å². The fourth-order valence-corrected chi connectivity index (χ4v) is 12.1. The number of aromatic nitrogens is 7. The molecule has 3 unspecified atom stereocenters. The zero-order valence-corrected chi connectivity index (χ0v) is 42.6. The number of thiophene rings is 1. The highest BCUT2D eigenvalue weighted by atomic mass is 32.1. The number of carbonyl (C=O) groups excluding carboxylic acids is 2. The van der Waals surface area contributed by atoms with Gasteiger partial charge in [-0.3, -0.25) is 9.59 Å². The van der Waals surface area contributed by atoms with Crippen molar-refractivity contribution in [3.8, 4) is 38.7 Å². The van der Waals surface area contributed by atoms with Crippen molar-refractivity contribution in [2.24, 2.45) is 5.92 Å². The number of nitrogens with zero attached hydrogens (tertiary/aromatic N) is 9. The van der Waals surface area contributed by atoms with Crippen LogP contribution in [0.3, 0.4) is 0 Å². The number of nitrogens with one attached hydrogen (secondary N) is 1. The first-order valence-electron chi connectivity index (χ1n) is 23.1. The molecule has 2 saturated heterocycles. The summed E-state index contributed by atoms with van der Waals surface area (Å²) in [6, 6.07) is 20.3. The van der Waals surface area contributed by atoms with E-state index in [-0.39, 0.29) is 29.5 Å². The van der Waals surface area contributed by atoms with Crippen molar-refractivity contribution in [3.05, 3.63) is 123 Å². The van der Waals surface area contributed by atoms with Gasteiger partial charge in [-0.25, -0.2) is 19.9 Å². The molecule has 2 N–H and O–H groups in total. The quantitative estimate of drug-likeness (QED) is 0.0989. The normalized spacial score (nSPS) is 17.8. The maximum Gasteiger partial charge on any atom is 0.243 e. The summed E-state index contributed by atoms with van der Waals surface area (Å²) in [5.74, 6) is 0.135. The Kier molecular flexibility index (Phi) is 14.2. The van der Waals surface area contributed by atoms with E-state index in [1.54, 1.807) is 69.5 Å². The first-order chi connectivity index (χ1) is 33.3. The van der Waals surface area contributed by atoms with E-state index in [0.717, 1.165) is 56.1 Å². The van der Waals surface area contributed by atoms with Crippen molar-refractivity contribution in [1.82, 2.24) is 45.5 Å². The van der Waals surface area contributed by atoms with Crippen LogP contribution in [-0.2, 0) is 20.8 Å². The fraction of sp³-hybridized carbons (Fsp3) is 0.353. The van der Waals surface area contributed by atoms with E-state index < -0.39 is 16.7 Å². The maximum atomic E-state index is 14.3. The predicted molar refractivity (Wildman–Crippen MR) is 277 cm³/mol. The third-order valence-corrected chi connectivity index (χ3v) is 16.7. The molecule has 0 spiro atoms. The van der Waals surface area contributed by atoms with E-state index >= 15 is 0 Å². The van der Waals surface area contributed by atoms with Crippen LogP contribution in [0, 0.1) is 19.8 Å². The number of benzene rings is 2. The predicted octanol–water partition coefficient (Wildman–Crippen LogP) is 10.6. The zero-order valence-electron chi connectivity index (χ0n) is 39.3. The van der Waals surface area contributed by atoms with Crippen LogP contribution in [0.25, 0.3) is 43.2 Å². The van der Waals surface area contributed by atoms with Crippen molar-refractivity contribution in [2.75, 3.05) is 24.5 Å². The van der Waals surface area contributed by atoms with Crippen molar-refractivity contribution in [2.45, 2.75) is 90.0 Å². The van der Waals surface area contributed by atoms with Gasteiger partial charge < -0.3 is 24.7 Å². The molecular weight excluding hydrogens is 945 g/mol. The van der Waals surface area contributed by atoms with E-state index in [2.05, 4.69) is 67.6 Å². The Morgan fingerprint density at radius 2 is 1.70 bits per heavy atom. The molecule has 10 rings (SSSR count). The maximum absolute atomic E-state index is 14.3. The number of thiol groups is 1. The average molecular weight is 999 g/mol. The Morgan fingerprint density at radius 1 is 0.928 bits per heavy atom. The standard InChI is InChI=1S/C45H45N9O4S3.C6H9NS/c1-25(2)39(43(57)54-16-7-9-35(54)41(56)49-26(3)28-11-13-29(14-12-28)40-27(4)48-24-60-40)37-20-33(52-58-37)31-21-46-44(47-22-31)53-17-15-45(59,23-53)38-19-30-18-34(50-51-42(30)61-38)32-8-5-6-10-36(32)55;1-3-6-5(2)8-4-7-6/h5-6,8,10-14,18-22,24-26,35,39,55,59H,7,9,15-17,23H2,1-4H3,(H,49,56);4H,3H2,1-2H3/t26-,35?,39?,45?;/m0./s1. The lowest BCUT2D eigenvalue weighted by molar-refractivity contribution is -0.141. The second-order valence-corrected chi connectivity index (χ2v) is 21.7. The fourth-order valence-electron chi connectivity index (χ4n) is 9.04. The van der Waals surface area contributed by atoms with Crippen LogP contribution in [0.2, 0.25) is 0 Å². The molecule has 8 heterocycles. The number of rotatable bonds is 12. The van der Waals surface area contributed by atoms with Crippen LogP contribution in [0.15, 0.2) is 94.7 Å². The number of thiazole rings is 2. The summed E-state index contributed by atoms with van der Waals surface area (Å²) in [7, 11) is 0. The number of para-hydroxylation sites is 1. The Balaban J connectivity index is 0.000000674. The molecule has 14 nitrogen and oxygen atoms in total. The first kappa shape index (κ1) is 48.0. The number of hydrogen-bond acceptors (Lipinski definition) is 16. The Hall–Kier alpha value is -6.08. The van der Waals surface area contributed by atoms with E-state index in [4.69, 9.17) is 27.1 Å². The molecular formula is C51H54N10O4S4. The van der Waals surface area contributed by atoms with Crippen LogP contribution in [0.1, 0.15) is 91.4 Å². The van der Waals surface area contributed by atoms with Gasteiger partial charge in [-0.05, 0) is 87.8 Å². The van der Waals surface area contributed by atoms with Gasteiger partial charge in [-0.15, -0.1) is 44.2 Å². The molecule has 69 heavy (non-hydrogen) atoms. The van der Waals surface area contributed by atoms with Gasteiger partial charge in [0.25, 0.3) is 0 Å². The molecule has 2 aromatic carbocycles. The zero-order chi connectivity index (χ0) is 48.4. The van der Waals surface area contributed by atoms with Crippen LogP contribution in [-0.4, -0.2) is 82.8 Å². The summed E-state index contributed by atoms with van der Waals surface area (Å²) in [4.78, 5) is 54.1. The third-order valence-electron chi connectivity index (χ3n) is 12.9. The van der Waals surface area contributed by atoms with Gasteiger partial charge in [0.1, 0.15) is 34.0 Å². The number of hydrogen-bond donors (Lipinski definition) is 3. The van der Waals surface area contributed by atoms with Gasteiger partial charge in [-0.2, -0.15) is 12.6 Å². The van der Waals surface area contributed by atoms with Crippen molar-refractivity contribution in [3.63, 3.8) is 0 Å². The van der Waals surface area contributed by atoms with Gasteiger partial charge in [-0.1, -0.05) is 62.3 Å². The van der Waals surface area contributed by atoms with Crippen molar-refractivity contribution >= 4 is 74.6 Å². The Labute approximate surface area is 418 Å². The summed E-state index contributed by atoms with van der Waals surface area (Å²) in [5, 5.41) is 27.6. The molecule has 8 aromatic rings. The van der Waals surface area contributed by atoms with Gasteiger partial charge in [0.05, 0.1) is 43.8 Å². The summed E-state index contributed by atoms with van der Waals surface area (Å²) in [6.07, 6.45) is 6.63. The van der Waals surface area contributed by atoms with Crippen LogP contribution in [0.4, 0.5) is 5.95 Å². The van der Waals surface area contributed by atoms with Gasteiger partial charge in [0.2, 0.25) is 17.8 Å². The van der Waals surface area contributed by atoms with E-state index in [1.807, 2.05) is 69.0 Å². The molecule has 2 amide bonds. The highest BCUT2D eigenvalue weighted by Crippen LogP contribution is 2.44. The van der Waals surface area contributed by atoms with E-state index in [0.29, 0.717) is 60.3 Å². The highest BCUT2D eigenvalue weighted by molar-refractivity contribution is 7.81. The number of phenolic OH excluding ortho intramolecular Hbond substituents is 1. The van der Waals surface area contributed by atoms with Crippen molar-refractivity contribution in [1.29, 1.82) is 0 Å². The summed E-state index contributed by atoms with van der Waals surface area (Å²) in [6.45, 7) is 14.0. The molecule has 4 atom stereocenters. The summed E-state index contributed by atoms with van der Waals surface area (Å²) in [5.41, 5.74) is 10.5. The molecule has 0 radical (unpaired) electrons. The number of likely N-dealkylation sites (tertiary alicyclic amines) is 1. The lowest BCUT2D eigenvalue weighted by Crippen LogP contribution is -2.48. The number of anilines is 1. The Bertz CT molecular complexity index is 3080. The Morgan fingerprint density at radius 3 is 2.38 bits per heavy atom. The molecule has 2 fully saturated rings. The summed E-state index contributed by atoms with van der Waals surface area (Å²) < 4.78 is 5.42. The number of aryl methyl sites for hydroxylation is 3. The van der Waals surface area contributed by atoms with Crippen LogP contribution >= 0.6 is 46.6 Å². The topological polar surface area (TPSA) is 176 Å². The SMILES string of the molecule is CCc1ncsc1C.Cc1ncsc1-c1ccc([C@H](C)NC(=O)C2CCCN2C(=O)C(c2cc(-c3cnc(N4CCC(S)(c5cc6cc(-c7ccccc7O)nnc6s5)C4)nc3)no2)C(C)C)cc1. The highest BCUT2D eigenvalue weighted by Gasteiger charge is 2.41. The largest absolute Gasteiger partial charge is 0.507 e. The average Bonchev–Trinajstić information content (AvgIpc) is 4.22. The minimum atomic E-state index is -0.625. The third kappa shape index (κ3) is 10.2. The summed E-state index contributed by atoms with van der Waals surface area (Å²) >= 11 is 10.1. The molecule has 0 aliphatic carbocycles. The molecule has 2 aliphatic rings. The number of aromatic hydroxyl groups is 1. The van der Waals surface area contributed by atoms with E-state index in [1.165, 1.54) is 10.6 Å². The number of carbonyl (C=O) groups is 2. The molecule has 18 heteroatoms. The van der Waals surface area contributed by atoms with Gasteiger partial charge >= 0.3 is 0 Å². The minimum Gasteiger partial charge on any atom is -0.507 e. The second kappa shape index (κ2) is 20.5. The van der Waals surface area contributed by atoms with Crippen molar-refractivity contribution < 1.29 is 19.2 Å². The molecule has 356 valence electrons. The number of amides is 2. The smallest absolute Gasteiger partial charge is 0.243 e. The second-order valence-electron chi connectivity index (χ2n) is 17.9. The lowest BCUT2D eigenvalue weighted by Gasteiger charge is -2.29. The monoisotopic (exact) mass is 998 g/mol.